The second-order valence-electron chi connectivity index (χ2n) is 9.25. The van der Waals surface area contributed by atoms with Gasteiger partial charge >= 0.3 is 0 Å². The van der Waals surface area contributed by atoms with Crippen LogP contribution in [0.4, 0.5) is 11.4 Å². The van der Waals surface area contributed by atoms with Crippen LogP contribution in [-0.4, -0.2) is 18.3 Å². The predicted molar refractivity (Wildman–Crippen MR) is 113 cm³/mol. The molecule has 0 saturated heterocycles. The van der Waals surface area contributed by atoms with Crippen molar-refractivity contribution in [3.63, 3.8) is 0 Å². The van der Waals surface area contributed by atoms with Crippen LogP contribution in [0, 0.1) is 25.2 Å². The molecule has 0 spiro atoms. The fourth-order valence-corrected chi connectivity index (χ4v) is 4.71. The van der Waals surface area contributed by atoms with E-state index in [4.69, 9.17) is 14.5 Å². The zero-order valence-electron chi connectivity index (χ0n) is 17.3. The Morgan fingerprint density at radius 1 is 1.03 bits per heavy atom. The van der Waals surface area contributed by atoms with E-state index in [-0.39, 0.29) is 30.0 Å². The van der Waals surface area contributed by atoms with Crippen molar-refractivity contribution < 1.29 is 14.3 Å². The van der Waals surface area contributed by atoms with Crippen molar-refractivity contribution >= 4 is 22.9 Å². The maximum atomic E-state index is 13.3. The van der Waals surface area contributed by atoms with Gasteiger partial charge in [0.1, 0.15) is 5.78 Å². The van der Waals surface area contributed by atoms with Gasteiger partial charge in [0.2, 0.25) is 6.79 Å². The van der Waals surface area contributed by atoms with Crippen LogP contribution in [0.15, 0.2) is 35.3 Å². The Bertz CT molecular complexity index is 1050. The summed E-state index contributed by atoms with van der Waals surface area (Å²) < 4.78 is 11.1. The lowest BCUT2D eigenvalue weighted by atomic mass is 9.68. The number of aliphatic imine (C=N–C) groups is 1. The lowest BCUT2D eigenvalue weighted by molar-refractivity contribution is -0.124. The summed E-state index contributed by atoms with van der Waals surface area (Å²) in [5, 5.41) is 3.66. The predicted octanol–water partition coefficient (Wildman–Crippen LogP) is 5.28. The molecule has 1 saturated carbocycles. The summed E-state index contributed by atoms with van der Waals surface area (Å²) in [6, 6.07) is 10.0. The van der Waals surface area contributed by atoms with Crippen LogP contribution in [0.5, 0.6) is 11.5 Å². The number of carbonyl (C=O) groups is 1. The zero-order chi connectivity index (χ0) is 20.3. The van der Waals surface area contributed by atoms with E-state index in [2.05, 4.69) is 45.1 Å². The molecule has 2 atom stereocenters. The quantitative estimate of drug-likeness (QED) is 0.720. The van der Waals surface area contributed by atoms with Crippen molar-refractivity contribution in [3.8, 4) is 11.5 Å². The molecule has 2 aliphatic heterocycles. The Morgan fingerprint density at radius 3 is 2.62 bits per heavy atom. The molecule has 0 aromatic heterocycles. The van der Waals surface area contributed by atoms with Gasteiger partial charge < -0.3 is 14.8 Å². The topological polar surface area (TPSA) is 59.9 Å². The number of benzene rings is 2. The maximum Gasteiger partial charge on any atom is 0.231 e. The SMILES string of the molecule is Cc1cc2c(cc1C)NC(c1ccc3c(c1)OCO3)C1C(=O)CC(C)(C)CC1=N2. The highest BCUT2D eigenvalue weighted by molar-refractivity contribution is 6.10. The normalized spacial score (nSPS) is 24.1. The highest BCUT2D eigenvalue weighted by atomic mass is 16.7. The summed E-state index contributed by atoms with van der Waals surface area (Å²) in [7, 11) is 0. The number of aryl methyl sites for hydroxylation is 2. The fourth-order valence-electron chi connectivity index (χ4n) is 4.71. The van der Waals surface area contributed by atoms with Crippen LogP contribution in [0.3, 0.4) is 0 Å². The summed E-state index contributed by atoms with van der Waals surface area (Å²) in [5.41, 5.74) is 6.22. The molecular formula is C24H26N2O3. The molecule has 3 aliphatic rings. The van der Waals surface area contributed by atoms with Crippen LogP contribution in [0.25, 0.3) is 0 Å². The zero-order valence-corrected chi connectivity index (χ0v) is 17.3. The third-order valence-corrected chi connectivity index (χ3v) is 6.29. The van der Waals surface area contributed by atoms with Crippen LogP contribution in [-0.2, 0) is 4.79 Å². The highest BCUT2D eigenvalue weighted by Gasteiger charge is 2.44. The van der Waals surface area contributed by atoms with Crippen molar-refractivity contribution in [2.75, 3.05) is 12.1 Å². The van der Waals surface area contributed by atoms with E-state index in [1.807, 2.05) is 18.2 Å². The summed E-state index contributed by atoms with van der Waals surface area (Å²) >= 11 is 0. The molecule has 1 fully saturated rings. The van der Waals surface area contributed by atoms with Gasteiger partial charge in [-0.3, -0.25) is 9.79 Å². The molecule has 0 bridgehead atoms. The Labute approximate surface area is 171 Å². The molecule has 5 nitrogen and oxygen atoms in total. The number of Topliss-reactive ketones (excluding diaryl/α,β-unsaturated/α-hetero) is 1. The molecule has 5 heteroatoms. The number of ketones is 1. The van der Waals surface area contributed by atoms with Gasteiger partial charge in [0.15, 0.2) is 11.5 Å². The molecule has 150 valence electrons. The average molecular weight is 390 g/mol. The van der Waals surface area contributed by atoms with Crippen molar-refractivity contribution in [3.05, 3.63) is 47.0 Å². The first-order valence-electron chi connectivity index (χ1n) is 10.2. The van der Waals surface area contributed by atoms with Gasteiger partial charge in [-0.15, -0.1) is 0 Å². The number of rotatable bonds is 1. The van der Waals surface area contributed by atoms with E-state index < -0.39 is 0 Å². The van der Waals surface area contributed by atoms with Gasteiger partial charge in [0, 0.05) is 12.1 Å². The van der Waals surface area contributed by atoms with Gasteiger partial charge in [-0.1, -0.05) is 19.9 Å². The molecule has 2 aromatic carbocycles. The number of nitrogens with zero attached hydrogens (tertiary/aromatic N) is 1. The average Bonchev–Trinajstić information content (AvgIpc) is 3.05. The maximum absolute atomic E-state index is 13.3. The minimum absolute atomic E-state index is 0.0733. The van der Waals surface area contributed by atoms with Gasteiger partial charge in [-0.25, -0.2) is 0 Å². The number of nitrogens with one attached hydrogen (secondary N) is 1. The fraction of sp³-hybridized carbons (Fsp3) is 0.417. The van der Waals surface area contributed by atoms with Gasteiger partial charge in [0.25, 0.3) is 0 Å². The molecule has 0 radical (unpaired) electrons. The Kier molecular flexibility index (Phi) is 3.99. The molecule has 2 heterocycles. The lowest BCUT2D eigenvalue weighted by Gasteiger charge is -2.37. The second kappa shape index (κ2) is 6.34. The highest BCUT2D eigenvalue weighted by Crippen LogP contribution is 2.46. The summed E-state index contributed by atoms with van der Waals surface area (Å²) in [5.74, 6) is 1.45. The number of fused-ring (bicyclic) bond motifs is 3. The summed E-state index contributed by atoms with van der Waals surface area (Å²) in [6.45, 7) is 8.74. The molecule has 5 rings (SSSR count). The van der Waals surface area contributed by atoms with E-state index in [1.54, 1.807) is 0 Å². The Hall–Kier alpha value is -2.82. The first kappa shape index (κ1) is 18.2. The van der Waals surface area contributed by atoms with E-state index in [0.29, 0.717) is 6.42 Å². The summed E-state index contributed by atoms with van der Waals surface area (Å²) in [4.78, 5) is 18.4. The molecular weight excluding hydrogens is 364 g/mol. The standard InChI is InChI=1S/C24H26N2O3/c1-13-7-16-17(8-14(13)2)26-23(15-5-6-20-21(9-15)29-12-28-20)22-18(25-16)10-24(3,4)11-19(22)27/h5-9,22-23,26H,10-12H2,1-4H3. The largest absolute Gasteiger partial charge is 0.454 e. The number of hydrogen-bond acceptors (Lipinski definition) is 5. The number of anilines is 1. The lowest BCUT2D eigenvalue weighted by Crippen LogP contribution is -2.42. The number of hydrogen-bond donors (Lipinski definition) is 1. The molecule has 2 unspecified atom stereocenters. The van der Waals surface area contributed by atoms with Crippen LogP contribution in [0.2, 0.25) is 0 Å². The first-order chi connectivity index (χ1) is 13.8. The third-order valence-electron chi connectivity index (χ3n) is 6.29. The van der Waals surface area contributed by atoms with E-state index in [0.717, 1.165) is 40.6 Å². The number of ether oxygens (including phenoxy) is 2. The molecule has 0 amide bonds. The molecule has 29 heavy (non-hydrogen) atoms. The second-order valence-corrected chi connectivity index (χ2v) is 9.25. The number of carbonyl (C=O) groups excluding carboxylic acids is 1. The van der Waals surface area contributed by atoms with Crippen molar-refractivity contribution in [2.24, 2.45) is 16.3 Å². The Balaban J connectivity index is 1.67. The minimum atomic E-state index is -0.281. The molecule has 2 aromatic rings. The van der Waals surface area contributed by atoms with Gasteiger partial charge in [-0.2, -0.15) is 0 Å². The van der Waals surface area contributed by atoms with Crippen LogP contribution in [0.1, 0.15) is 49.4 Å². The van der Waals surface area contributed by atoms with Gasteiger partial charge in [0.05, 0.1) is 23.3 Å². The van der Waals surface area contributed by atoms with E-state index >= 15 is 0 Å². The van der Waals surface area contributed by atoms with E-state index in [9.17, 15) is 4.79 Å². The van der Waals surface area contributed by atoms with Gasteiger partial charge in [-0.05, 0) is 66.6 Å². The van der Waals surface area contributed by atoms with E-state index in [1.165, 1.54) is 11.1 Å². The molecule has 1 N–H and O–H groups in total. The van der Waals surface area contributed by atoms with Crippen molar-refractivity contribution in [1.82, 2.24) is 0 Å². The first-order valence-corrected chi connectivity index (χ1v) is 10.2. The van der Waals surface area contributed by atoms with Crippen LogP contribution < -0.4 is 14.8 Å². The minimum Gasteiger partial charge on any atom is -0.454 e. The Morgan fingerprint density at radius 2 is 1.79 bits per heavy atom. The van der Waals surface area contributed by atoms with Crippen molar-refractivity contribution in [2.45, 2.75) is 46.6 Å². The van der Waals surface area contributed by atoms with Crippen molar-refractivity contribution in [1.29, 1.82) is 0 Å². The monoisotopic (exact) mass is 390 g/mol. The summed E-state index contributed by atoms with van der Waals surface area (Å²) in [6.07, 6.45) is 1.38. The van der Waals surface area contributed by atoms with Crippen LogP contribution >= 0.6 is 0 Å². The third kappa shape index (κ3) is 3.09. The smallest absolute Gasteiger partial charge is 0.231 e. The molecule has 1 aliphatic carbocycles.